The molecule has 2 heteroatoms. The Labute approximate surface area is 83.9 Å². The van der Waals surface area contributed by atoms with Crippen molar-refractivity contribution in [2.75, 3.05) is 26.7 Å². The van der Waals surface area contributed by atoms with E-state index in [-0.39, 0.29) is 0 Å². The number of hydrogen-bond donors (Lipinski definition) is 0. The first-order chi connectivity index (χ1) is 6.11. The monoisotopic (exact) mass is 186 g/mol. The highest BCUT2D eigenvalue weighted by Gasteiger charge is 2.21. The minimum atomic E-state index is 0.714. The largest absolute Gasteiger partial charge is 0.301 e. The molecule has 2 nitrogen and oxygen atoms in total. The van der Waals surface area contributed by atoms with Crippen LogP contribution in [0.2, 0.25) is 0 Å². The van der Waals surface area contributed by atoms with Gasteiger partial charge < -0.3 is 4.90 Å². The summed E-state index contributed by atoms with van der Waals surface area (Å²) in [5.74, 6) is 0. The standard InChI is InChI=1S/C9H20N2.C2H6/c1-8(2)11-6-5-10(4)9(3)7-11;1-2/h8-9H,5-7H2,1-4H3;1-2H3/t9-;/m1./s1. The third-order valence-corrected chi connectivity index (χ3v) is 2.72. The average molecular weight is 186 g/mol. The molecule has 1 fully saturated rings. The quantitative estimate of drug-likeness (QED) is 0.618. The van der Waals surface area contributed by atoms with E-state index in [2.05, 4.69) is 37.6 Å². The molecule has 0 amide bonds. The molecule has 1 aliphatic rings. The lowest BCUT2D eigenvalue weighted by Crippen LogP contribution is -2.52. The molecule has 80 valence electrons. The molecule has 1 heterocycles. The maximum absolute atomic E-state index is 2.55. The van der Waals surface area contributed by atoms with Gasteiger partial charge in [0.05, 0.1) is 0 Å². The van der Waals surface area contributed by atoms with Crippen molar-refractivity contribution in [3.63, 3.8) is 0 Å². The van der Waals surface area contributed by atoms with E-state index in [1.807, 2.05) is 13.8 Å². The van der Waals surface area contributed by atoms with E-state index < -0.39 is 0 Å². The fourth-order valence-corrected chi connectivity index (χ4v) is 1.55. The second-order valence-corrected chi connectivity index (χ2v) is 3.92. The summed E-state index contributed by atoms with van der Waals surface area (Å²) in [6.45, 7) is 14.5. The first-order valence-electron chi connectivity index (χ1n) is 5.55. The van der Waals surface area contributed by atoms with Gasteiger partial charge in [-0.15, -0.1) is 0 Å². The van der Waals surface area contributed by atoms with Crippen molar-refractivity contribution in [2.24, 2.45) is 0 Å². The van der Waals surface area contributed by atoms with Gasteiger partial charge in [0.2, 0.25) is 0 Å². The van der Waals surface area contributed by atoms with E-state index in [1.54, 1.807) is 0 Å². The number of hydrogen-bond acceptors (Lipinski definition) is 2. The third kappa shape index (κ3) is 4.10. The maximum atomic E-state index is 2.55. The molecule has 0 aromatic heterocycles. The van der Waals surface area contributed by atoms with Crippen molar-refractivity contribution in [1.82, 2.24) is 9.80 Å². The summed E-state index contributed by atoms with van der Waals surface area (Å²) < 4.78 is 0. The van der Waals surface area contributed by atoms with Gasteiger partial charge in [0, 0.05) is 31.7 Å². The van der Waals surface area contributed by atoms with Crippen molar-refractivity contribution < 1.29 is 0 Å². The second-order valence-electron chi connectivity index (χ2n) is 3.92. The Bertz CT molecular complexity index is 123. The van der Waals surface area contributed by atoms with Gasteiger partial charge >= 0.3 is 0 Å². The van der Waals surface area contributed by atoms with Gasteiger partial charge in [-0.1, -0.05) is 13.8 Å². The van der Waals surface area contributed by atoms with Crippen molar-refractivity contribution >= 4 is 0 Å². The van der Waals surface area contributed by atoms with Crippen LogP contribution in [0.5, 0.6) is 0 Å². The normalized spacial score (nSPS) is 25.6. The lowest BCUT2D eigenvalue weighted by molar-refractivity contribution is 0.0832. The molecule has 1 aliphatic heterocycles. The van der Waals surface area contributed by atoms with Crippen LogP contribution in [-0.2, 0) is 0 Å². The zero-order chi connectivity index (χ0) is 10.4. The van der Waals surface area contributed by atoms with Gasteiger partial charge in [-0.2, -0.15) is 0 Å². The number of likely N-dealkylation sites (N-methyl/N-ethyl adjacent to an activating group) is 1. The predicted octanol–water partition coefficient (Wildman–Crippen LogP) is 2.06. The Kier molecular flexibility index (Phi) is 6.35. The molecule has 0 saturated carbocycles. The second kappa shape index (κ2) is 6.39. The first-order valence-corrected chi connectivity index (χ1v) is 5.55. The summed E-state index contributed by atoms with van der Waals surface area (Å²) in [6.07, 6.45) is 0. The lowest BCUT2D eigenvalue weighted by atomic mass is 10.2. The van der Waals surface area contributed by atoms with E-state index in [9.17, 15) is 0 Å². The molecule has 0 bridgehead atoms. The highest BCUT2D eigenvalue weighted by Crippen LogP contribution is 2.09. The fourth-order valence-electron chi connectivity index (χ4n) is 1.55. The average Bonchev–Trinajstić information content (AvgIpc) is 2.13. The predicted molar refractivity (Wildman–Crippen MR) is 60.1 cm³/mol. The molecule has 0 radical (unpaired) electrons. The molecule has 0 spiro atoms. The third-order valence-electron chi connectivity index (χ3n) is 2.72. The first kappa shape index (κ1) is 12.9. The zero-order valence-corrected chi connectivity index (χ0v) is 10.2. The van der Waals surface area contributed by atoms with Gasteiger partial charge in [0.1, 0.15) is 0 Å². The van der Waals surface area contributed by atoms with Crippen LogP contribution in [0.4, 0.5) is 0 Å². The minimum Gasteiger partial charge on any atom is -0.301 e. The van der Waals surface area contributed by atoms with E-state index in [1.165, 1.54) is 19.6 Å². The van der Waals surface area contributed by atoms with Crippen LogP contribution in [0.15, 0.2) is 0 Å². The van der Waals surface area contributed by atoms with Crippen LogP contribution < -0.4 is 0 Å². The Balaban J connectivity index is 0.000000671. The van der Waals surface area contributed by atoms with Crippen molar-refractivity contribution in [2.45, 2.75) is 46.7 Å². The van der Waals surface area contributed by atoms with Gasteiger partial charge in [-0.25, -0.2) is 0 Å². The molecule has 0 N–H and O–H groups in total. The summed E-state index contributed by atoms with van der Waals surface area (Å²) in [7, 11) is 2.21. The Morgan fingerprint density at radius 1 is 1.15 bits per heavy atom. The summed E-state index contributed by atoms with van der Waals surface area (Å²) >= 11 is 0. The highest BCUT2D eigenvalue weighted by atomic mass is 15.3. The van der Waals surface area contributed by atoms with Crippen LogP contribution in [0.1, 0.15) is 34.6 Å². The SMILES string of the molecule is CC.CC(C)N1CCN(C)[C@H](C)C1. The van der Waals surface area contributed by atoms with Gasteiger partial charge in [0.25, 0.3) is 0 Å². The molecule has 0 aromatic rings. The summed E-state index contributed by atoms with van der Waals surface area (Å²) in [6, 6.07) is 1.44. The van der Waals surface area contributed by atoms with Gasteiger partial charge in [-0.05, 0) is 27.8 Å². The Morgan fingerprint density at radius 3 is 2.08 bits per heavy atom. The highest BCUT2D eigenvalue weighted by molar-refractivity contribution is 4.78. The summed E-state index contributed by atoms with van der Waals surface area (Å²) in [5.41, 5.74) is 0. The minimum absolute atomic E-state index is 0.714. The van der Waals surface area contributed by atoms with Crippen LogP contribution in [0, 0.1) is 0 Å². The van der Waals surface area contributed by atoms with Crippen molar-refractivity contribution in [1.29, 1.82) is 0 Å². The molecule has 0 aromatic carbocycles. The molecule has 0 aliphatic carbocycles. The van der Waals surface area contributed by atoms with E-state index in [0.29, 0.717) is 6.04 Å². The smallest absolute Gasteiger partial charge is 0.0192 e. The van der Waals surface area contributed by atoms with Gasteiger partial charge in [0.15, 0.2) is 0 Å². The topological polar surface area (TPSA) is 6.48 Å². The molecule has 0 unspecified atom stereocenters. The molecular formula is C11H26N2. The molecule has 1 rings (SSSR count). The van der Waals surface area contributed by atoms with Gasteiger partial charge in [-0.3, -0.25) is 4.90 Å². The fraction of sp³-hybridized carbons (Fsp3) is 1.00. The molecular weight excluding hydrogens is 160 g/mol. The number of rotatable bonds is 1. The van der Waals surface area contributed by atoms with E-state index in [4.69, 9.17) is 0 Å². The maximum Gasteiger partial charge on any atom is 0.0192 e. The Hall–Kier alpha value is -0.0800. The van der Waals surface area contributed by atoms with Crippen LogP contribution in [-0.4, -0.2) is 48.6 Å². The molecule has 13 heavy (non-hydrogen) atoms. The van der Waals surface area contributed by atoms with Crippen LogP contribution in [0.25, 0.3) is 0 Å². The lowest BCUT2D eigenvalue weighted by Gasteiger charge is -2.39. The molecule has 1 saturated heterocycles. The van der Waals surface area contributed by atoms with Crippen LogP contribution in [0.3, 0.4) is 0 Å². The number of nitrogens with zero attached hydrogens (tertiary/aromatic N) is 2. The van der Waals surface area contributed by atoms with E-state index in [0.717, 1.165) is 6.04 Å². The van der Waals surface area contributed by atoms with Crippen molar-refractivity contribution in [3.8, 4) is 0 Å². The summed E-state index contributed by atoms with van der Waals surface area (Å²) in [5, 5.41) is 0. The van der Waals surface area contributed by atoms with Crippen LogP contribution >= 0.6 is 0 Å². The van der Waals surface area contributed by atoms with Crippen molar-refractivity contribution in [3.05, 3.63) is 0 Å². The number of piperazine rings is 1. The molecule has 1 atom stereocenters. The summed E-state index contributed by atoms with van der Waals surface area (Å²) in [4.78, 5) is 4.98. The Morgan fingerprint density at radius 2 is 1.69 bits per heavy atom. The zero-order valence-electron chi connectivity index (χ0n) is 10.2. The van der Waals surface area contributed by atoms with E-state index >= 15 is 0 Å².